The molecule has 1 atom stereocenters. The van der Waals surface area contributed by atoms with Crippen molar-refractivity contribution in [3.8, 4) is 0 Å². The minimum atomic E-state index is 0.161. The summed E-state index contributed by atoms with van der Waals surface area (Å²) in [4.78, 5) is 6.47. The Morgan fingerprint density at radius 2 is 1.23 bits per heavy atom. The van der Waals surface area contributed by atoms with Crippen LogP contribution in [0.2, 0.25) is 0 Å². The summed E-state index contributed by atoms with van der Waals surface area (Å²) in [7, 11) is 0. The maximum atomic E-state index is 5.19. The first kappa shape index (κ1) is 25.6. The van der Waals surface area contributed by atoms with E-state index in [4.69, 9.17) is 4.98 Å². The van der Waals surface area contributed by atoms with Crippen LogP contribution in [-0.4, -0.2) is 9.55 Å². The van der Waals surface area contributed by atoms with Gasteiger partial charge in [-0.05, 0) is 36.2 Å². The summed E-state index contributed by atoms with van der Waals surface area (Å²) in [6, 6.07) is 30.2. The van der Waals surface area contributed by atoms with Crippen molar-refractivity contribution in [3.05, 3.63) is 96.3 Å². The van der Waals surface area contributed by atoms with Gasteiger partial charge in [-0.2, -0.15) is 0 Å². The van der Waals surface area contributed by atoms with E-state index in [-0.39, 0.29) is 5.25 Å². The van der Waals surface area contributed by atoms with Crippen LogP contribution in [-0.2, 0) is 6.54 Å². The maximum absolute atomic E-state index is 5.19. The first-order valence-electron chi connectivity index (χ1n) is 13.6. The summed E-state index contributed by atoms with van der Waals surface area (Å²) >= 11 is 1.90. The third-order valence-electron chi connectivity index (χ3n) is 6.75. The van der Waals surface area contributed by atoms with Crippen molar-refractivity contribution in [2.24, 2.45) is 0 Å². The molecule has 4 rings (SSSR count). The van der Waals surface area contributed by atoms with Gasteiger partial charge >= 0.3 is 0 Å². The lowest BCUT2D eigenvalue weighted by atomic mass is 10.1. The average molecular weight is 485 g/mol. The molecule has 1 heterocycles. The van der Waals surface area contributed by atoms with Crippen LogP contribution in [0.1, 0.15) is 87.8 Å². The molecule has 0 aliphatic heterocycles. The molecule has 0 saturated heterocycles. The summed E-state index contributed by atoms with van der Waals surface area (Å²) in [5, 5.41) is 0.161. The molecule has 1 unspecified atom stereocenters. The highest BCUT2D eigenvalue weighted by Crippen LogP contribution is 2.41. The van der Waals surface area contributed by atoms with Gasteiger partial charge < -0.3 is 4.57 Å². The van der Waals surface area contributed by atoms with Crippen molar-refractivity contribution < 1.29 is 0 Å². The number of nitrogens with zero attached hydrogens (tertiary/aromatic N) is 2. The molecule has 0 bridgehead atoms. The number of hydrogen-bond acceptors (Lipinski definition) is 2. The molecular weight excluding hydrogens is 444 g/mol. The Hall–Kier alpha value is -2.52. The molecule has 0 spiro atoms. The molecular formula is C32H40N2S. The molecule has 4 aromatic rings. The summed E-state index contributed by atoms with van der Waals surface area (Å²) in [5.41, 5.74) is 3.66. The Balaban J connectivity index is 1.46. The monoisotopic (exact) mass is 484 g/mol. The van der Waals surface area contributed by atoms with Crippen LogP contribution in [0.4, 0.5) is 0 Å². The summed E-state index contributed by atoms with van der Waals surface area (Å²) in [6.45, 7) is 3.32. The van der Waals surface area contributed by atoms with Gasteiger partial charge in [0.15, 0.2) is 0 Å². The Labute approximate surface area is 216 Å². The van der Waals surface area contributed by atoms with Gasteiger partial charge in [0.25, 0.3) is 0 Å². The van der Waals surface area contributed by atoms with E-state index >= 15 is 0 Å². The average Bonchev–Trinajstić information content (AvgIpc) is 3.27. The number of imidazole rings is 1. The molecule has 1 aromatic heterocycles. The zero-order chi connectivity index (χ0) is 24.1. The van der Waals surface area contributed by atoms with E-state index in [1.165, 1.54) is 86.0 Å². The number of hydrogen-bond donors (Lipinski definition) is 0. The van der Waals surface area contributed by atoms with Crippen molar-refractivity contribution in [2.75, 3.05) is 0 Å². The second kappa shape index (κ2) is 14.1. The number of para-hydroxylation sites is 2. The van der Waals surface area contributed by atoms with Gasteiger partial charge in [0.2, 0.25) is 0 Å². The van der Waals surface area contributed by atoms with E-state index in [0.29, 0.717) is 0 Å². The van der Waals surface area contributed by atoms with Crippen LogP contribution in [0.15, 0.2) is 89.8 Å². The normalized spacial score (nSPS) is 12.3. The van der Waals surface area contributed by atoms with Crippen LogP contribution in [0.25, 0.3) is 11.0 Å². The standard InChI is InChI=1S/C32H40N2S/c1-2-3-4-5-6-7-8-9-10-19-26-34-30-25-18-17-24-29(30)33-32(34)31(27-20-13-11-14-21-27)35-28-22-15-12-16-23-28/h11-18,20-25,31H,2-10,19,26H2,1H3. The maximum Gasteiger partial charge on any atom is 0.127 e. The SMILES string of the molecule is CCCCCCCCCCCCn1c(C(Sc2ccccc2)c2ccccc2)nc2ccccc21. The summed E-state index contributed by atoms with van der Waals surface area (Å²) in [6.07, 6.45) is 13.6. The van der Waals surface area contributed by atoms with Gasteiger partial charge in [0.1, 0.15) is 5.82 Å². The van der Waals surface area contributed by atoms with Crippen molar-refractivity contribution >= 4 is 22.8 Å². The fraction of sp³-hybridized carbons (Fsp3) is 0.406. The van der Waals surface area contributed by atoms with Crippen molar-refractivity contribution in [1.82, 2.24) is 9.55 Å². The van der Waals surface area contributed by atoms with Crippen LogP contribution < -0.4 is 0 Å². The highest BCUT2D eigenvalue weighted by molar-refractivity contribution is 7.99. The van der Waals surface area contributed by atoms with E-state index in [2.05, 4.69) is 96.4 Å². The van der Waals surface area contributed by atoms with Crippen LogP contribution in [0.3, 0.4) is 0 Å². The fourth-order valence-corrected chi connectivity index (χ4v) is 5.98. The lowest BCUT2D eigenvalue weighted by molar-refractivity contribution is 0.533. The topological polar surface area (TPSA) is 17.8 Å². The minimum Gasteiger partial charge on any atom is -0.327 e. The smallest absolute Gasteiger partial charge is 0.127 e. The number of aryl methyl sites for hydroxylation is 1. The van der Waals surface area contributed by atoms with E-state index < -0.39 is 0 Å². The molecule has 0 radical (unpaired) electrons. The number of fused-ring (bicyclic) bond motifs is 1. The molecule has 0 amide bonds. The van der Waals surface area contributed by atoms with Crippen LogP contribution in [0.5, 0.6) is 0 Å². The number of aromatic nitrogens is 2. The third kappa shape index (κ3) is 7.48. The Bertz CT molecular complexity index is 1120. The number of rotatable bonds is 15. The molecule has 2 nitrogen and oxygen atoms in total. The largest absolute Gasteiger partial charge is 0.327 e. The molecule has 0 N–H and O–H groups in total. The van der Waals surface area contributed by atoms with Gasteiger partial charge in [0.05, 0.1) is 16.3 Å². The molecule has 184 valence electrons. The van der Waals surface area contributed by atoms with Gasteiger partial charge in [-0.25, -0.2) is 4.98 Å². The predicted octanol–water partition coefficient (Wildman–Crippen LogP) is 9.84. The first-order chi connectivity index (χ1) is 17.4. The summed E-state index contributed by atoms with van der Waals surface area (Å²) < 4.78 is 2.49. The second-order valence-electron chi connectivity index (χ2n) is 9.51. The first-order valence-corrected chi connectivity index (χ1v) is 14.5. The van der Waals surface area contributed by atoms with E-state index in [1.807, 2.05) is 11.8 Å². The lowest BCUT2D eigenvalue weighted by Crippen LogP contribution is -2.09. The zero-order valence-electron chi connectivity index (χ0n) is 21.2. The molecule has 0 saturated carbocycles. The van der Waals surface area contributed by atoms with Crippen molar-refractivity contribution in [3.63, 3.8) is 0 Å². The van der Waals surface area contributed by atoms with E-state index in [9.17, 15) is 0 Å². The van der Waals surface area contributed by atoms with Gasteiger partial charge in [-0.1, -0.05) is 125 Å². The fourth-order valence-electron chi connectivity index (χ4n) is 4.82. The van der Waals surface area contributed by atoms with E-state index in [1.54, 1.807) is 0 Å². The molecule has 0 aliphatic carbocycles. The second-order valence-corrected chi connectivity index (χ2v) is 10.7. The predicted molar refractivity (Wildman–Crippen MR) is 152 cm³/mol. The summed E-state index contributed by atoms with van der Waals surface area (Å²) in [5.74, 6) is 1.17. The number of thioether (sulfide) groups is 1. The van der Waals surface area contributed by atoms with Gasteiger partial charge in [-0.3, -0.25) is 0 Å². The van der Waals surface area contributed by atoms with E-state index in [0.717, 1.165) is 12.1 Å². The Kier molecular flexibility index (Phi) is 10.3. The highest BCUT2D eigenvalue weighted by Gasteiger charge is 2.23. The van der Waals surface area contributed by atoms with Gasteiger partial charge in [0, 0.05) is 11.4 Å². The van der Waals surface area contributed by atoms with Gasteiger partial charge in [-0.15, -0.1) is 11.8 Å². The number of benzene rings is 3. The van der Waals surface area contributed by atoms with Crippen LogP contribution in [0, 0.1) is 0 Å². The molecule has 0 aliphatic rings. The molecule has 3 heteroatoms. The highest BCUT2D eigenvalue weighted by atomic mass is 32.2. The Morgan fingerprint density at radius 3 is 1.91 bits per heavy atom. The van der Waals surface area contributed by atoms with Crippen LogP contribution >= 0.6 is 11.8 Å². The molecule has 0 fully saturated rings. The number of unbranched alkanes of at least 4 members (excludes halogenated alkanes) is 9. The zero-order valence-corrected chi connectivity index (χ0v) is 22.1. The molecule has 35 heavy (non-hydrogen) atoms. The minimum absolute atomic E-state index is 0.161. The lowest BCUT2D eigenvalue weighted by Gasteiger charge is -2.19. The van der Waals surface area contributed by atoms with Crippen molar-refractivity contribution in [2.45, 2.75) is 87.8 Å². The van der Waals surface area contributed by atoms with Crippen molar-refractivity contribution in [1.29, 1.82) is 0 Å². The quantitative estimate of drug-likeness (QED) is 0.123. The third-order valence-corrected chi connectivity index (χ3v) is 8.02. The Morgan fingerprint density at radius 1 is 0.657 bits per heavy atom. The molecule has 3 aromatic carbocycles.